The molecule has 0 spiro atoms. The van der Waals surface area contributed by atoms with Gasteiger partial charge in [0.1, 0.15) is 5.25 Å². The third-order valence-electron chi connectivity index (χ3n) is 3.71. The lowest BCUT2D eigenvalue weighted by Gasteiger charge is -2.28. The van der Waals surface area contributed by atoms with E-state index in [0.29, 0.717) is 5.69 Å². The summed E-state index contributed by atoms with van der Waals surface area (Å²) in [7, 11) is -3.58. The standard InChI is InChI=1S/C14H21N3O2S2/c1-11(14(15)20)21(18,19)16-12-5-7-13(8-6-12)17-9-3-2-4-10-17/h5-8,11,16H,2-4,9-10H2,1H3,(H2,15,20). The molecule has 7 heteroatoms. The van der Waals surface area contributed by atoms with Crippen LogP contribution in [0.1, 0.15) is 26.2 Å². The van der Waals surface area contributed by atoms with Crippen LogP contribution in [0.2, 0.25) is 0 Å². The number of nitrogens with one attached hydrogen (secondary N) is 1. The minimum atomic E-state index is -3.58. The molecule has 3 N–H and O–H groups in total. The van der Waals surface area contributed by atoms with Crippen LogP contribution < -0.4 is 15.4 Å². The zero-order valence-electron chi connectivity index (χ0n) is 12.1. The van der Waals surface area contributed by atoms with Gasteiger partial charge in [0, 0.05) is 24.5 Å². The summed E-state index contributed by atoms with van der Waals surface area (Å²) < 4.78 is 26.6. The Morgan fingerprint density at radius 2 is 1.81 bits per heavy atom. The van der Waals surface area contributed by atoms with Crippen molar-refractivity contribution in [3.8, 4) is 0 Å². The Hall–Kier alpha value is -1.34. The Bertz CT molecular complexity index is 593. The quantitative estimate of drug-likeness (QED) is 0.810. The molecule has 1 aromatic rings. The fourth-order valence-electron chi connectivity index (χ4n) is 2.30. The van der Waals surface area contributed by atoms with E-state index >= 15 is 0 Å². The van der Waals surface area contributed by atoms with Crippen molar-refractivity contribution in [2.75, 3.05) is 22.7 Å². The SMILES string of the molecule is CC(C(N)=S)S(=O)(=O)Nc1ccc(N2CCCCC2)cc1. The Morgan fingerprint density at radius 1 is 1.24 bits per heavy atom. The fourth-order valence-corrected chi connectivity index (χ4v) is 3.63. The van der Waals surface area contributed by atoms with Crippen molar-refractivity contribution in [1.82, 2.24) is 0 Å². The zero-order valence-corrected chi connectivity index (χ0v) is 13.7. The molecule has 0 saturated carbocycles. The maximum absolute atomic E-state index is 12.0. The van der Waals surface area contributed by atoms with E-state index in [1.807, 2.05) is 12.1 Å². The van der Waals surface area contributed by atoms with Crippen LogP contribution in [-0.2, 0) is 10.0 Å². The highest BCUT2D eigenvalue weighted by Crippen LogP contribution is 2.22. The summed E-state index contributed by atoms with van der Waals surface area (Å²) in [6.45, 7) is 3.60. The Balaban J connectivity index is 2.07. The molecule has 1 atom stereocenters. The average molecular weight is 327 g/mol. The number of nitrogens with zero attached hydrogens (tertiary/aromatic N) is 1. The molecule has 1 aliphatic heterocycles. The van der Waals surface area contributed by atoms with E-state index < -0.39 is 15.3 Å². The third-order valence-corrected chi connectivity index (χ3v) is 5.92. The number of thiocarbonyl (C=S) groups is 1. The molecular formula is C14H21N3O2S2. The molecule has 1 unspecified atom stereocenters. The highest BCUT2D eigenvalue weighted by atomic mass is 32.2. The number of sulfonamides is 1. The molecule has 1 saturated heterocycles. The van der Waals surface area contributed by atoms with Gasteiger partial charge in [0.05, 0.1) is 4.99 Å². The Kier molecular flexibility index (Phi) is 5.05. The van der Waals surface area contributed by atoms with Gasteiger partial charge in [0.15, 0.2) is 0 Å². The molecular weight excluding hydrogens is 306 g/mol. The first kappa shape index (κ1) is 16.0. The topological polar surface area (TPSA) is 75.4 Å². The summed E-state index contributed by atoms with van der Waals surface area (Å²) in [5, 5.41) is -0.894. The van der Waals surface area contributed by atoms with Crippen LogP contribution in [0, 0.1) is 0 Å². The lowest BCUT2D eigenvalue weighted by molar-refractivity contribution is 0.578. The van der Waals surface area contributed by atoms with Crippen LogP contribution in [-0.4, -0.2) is 31.7 Å². The minimum absolute atomic E-state index is 0.0348. The smallest absolute Gasteiger partial charge is 0.241 e. The molecule has 1 fully saturated rings. The van der Waals surface area contributed by atoms with Crippen molar-refractivity contribution < 1.29 is 8.42 Å². The van der Waals surface area contributed by atoms with Crippen LogP contribution in [0.15, 0.2) is 24.3 Å². The molecule has 21 heavy (non-hydrogen) atoms. The first-order chi connectivity index (χ1) is 9.90. The minimum Gasteiger partial charge on any atom is -0.392 e. The van der Waals surface area contributed by atoms with E-state index in [1.54, 1.807) is 12.1 Å². The third kappa shape index (κ3) is 4.07. The van der Waals surface area contributed by atoms with Crippen LogP contribution in [0.25, 0.3) is 0 Å². The van der Waals surface area contributed by atoms with Gasteiger partial charge in [-0.1, -0.05) is 12.2 Å². The molecule has 5 nitrogen and oxygen atoms in total. The van der Waals surface area contributed by atoms with Crippen molar-refractivity contribution in [2.45, 2.75) is 31.4 Å². The van der Waals surface area contributed by atoms with Crippen molar-refractivity contribution in [2.24, 2.45) is 5.73 Å². The predicted molar refractivity (Wildman–Crippen MR) is 91.3 cm³/mol. The van der Waals surface area contributed by atoms with Crippen LogP contribution >= 0.6 is 12.2 Å². The van der Waals surface area contributed by atoms with E-state index in [0.717, 1.165) is 18.8 Å². The van der Waals surface area contributed by atoms with Crippen LogP contribution in [0.5, 0.6) is 0 Å². The van der Waals surface area contributed by atoms with E-state index in [2.05, 4.69) is 9.62 Å². The van der Waals surface area contributed by atoms with Crippen molar-refractivity contribution in [3.63, 3.8) is 0 Å². The lowest BCUT2D eigenvalue weighted by Crippen LogP contribution is -2.35. The molecule has 1 aromatic carbocycles. The molecule has 1 aliphatic rings. The largest absolute Gasteiger partial charge is 0.392 e. The van der Waals surface area contributed by atoms with Gasteiger partial charge in [-0.15, -0.1) is 0 Å². The highest BCUT2D eigenvalue weighted by Gasteiger charge is 2.23. The normalized spacial score (nSPS) is 17.3. The maximum atomic E-state index is 12.0. The second kappa shape index (κ2) is 6.62. The molecule has 116 valence electrons. The van der Waals surface area contributed by atoms with E-state index in [-0.39, 0.29) is 4.99 Å². The molecule has 0 bridgehead atoms. The van der Waals surface area contributed by atoms with Crippen LogP contribution in [0.3, 0.4) is 0 Å². The average Bonchev–Trinajstić information content (AvgIpc) is 2.47. The van der Waals surface area contributed by atoms with Gasteiger partial charge in [0.25, 0.3) is 0 Å². The number of nitrogens with two attached hydrogens (primary N) is 1. The van der Waals surface area contributed by atoms with E-state index in [4.69, 9.17) is 18.0 Å². The maximum Gasteiger partial charge on any atom is 0.241 e. The predicted octanol–water partition coefficient (Wildman–Crippen LogP) is 2.09. The molecule has 0 aromatic heterocycles. The number of piperidine rings is 1. The van der Waals surface area contributed by atoms with Crippen molar-refractivity contribution >= 4 is 38.6 Å². The van der Waals surface area contributed by atoms with Gasteiger partial charge in [-0.05, 0) is 50.5 Å². The number of hydrogen-bond acceptors (Lipinski definition) is 4. The number of hydrogen-bond donors (Lipinski definition) is 2. The van der Waals surface area contributed by atoms with Gasteiger partial charge in [-0.25, -0.2) is 8.42 Å². The van der Waals surface area contributed by atoms with Gasteiger partial charge in [-0.3, -0.25) is 4.72 Å². The summed E-state index contributed by atoms with van der Waals surface area (Å²) in [6.07, 6.45) is 3.70. The van der Waals surface area contributed by atoms with Gasteiger partial charge >= 0.3 is 0 Å². The first-order valence-electron chi connectivity index (χ1n) is 7.06. The monoisotopic (exact) mass is 327 g/mol. The number of rotatable bonds is 5. The van der Waals surface area contributed by atoms with E-state index in [1.165, 1.54) is 26.2 Å². The second-order valence-corrected chi connectivity index (χ2v) is 7.76. The molecule has 2 rings (SSSR count). The summed E-state index contributed by atoms with van der Waals surface area (Å²) in [4.78, 5) is 2.28. The summed E-state index contributed by atoms with van der Waals surface area (Å²) in [5.41, 5.74) is 7.05. The second-order valence-electron chi connectivity index (χ2n) is 5.29. The number of benzene rings is 1. The van der Waals surface area contributed by atoms with Gasteiger partial charge in [-0.2, -0.15) is 0 Å². The van der Waals surface area contributed by atoms with Crippen molar-refractivity contribution in [1.29, 1.82) is 0 Å². The molecule has 0 amide bonds. The van der Waals surface area contributed by atoms with Gasteiger partial charge in [0.2, 0.25) is 10.0 Å². The van der Waals surface area contributed by atoms with E-state index in [9.17, 15) is 8.42 Å². The fraction of sp³-hybridized carbons (Fsp3) is 0.500. The molecule has 0 radical (unpaired) electrons. The molecule has 0 aliphatic carbocycles. The molecule has 1 heterocycles. The zero-order chi connectivity index (χ0) is 15.5. The Morgan fingerprint density at radius 3 is 2.33 bits per heavy atom. The Labute approximate surface area is 131 Å². The van der Waals surface area contributed by atoms with Crippen molar-refractivity contribution in [3.05, 3.63) is 24.3 Å². The summed E-state index contributed by atoms with van der Waals surface area (Å²) in [5.74, 6) is 0. The summed E-state index contributed by atoms with van der Waals surface area (Å²) >= 11 is 4.74. The van der Waals surface area contributed by atoms with Crippen LogP contribution in [0.4, 0.5) is 11.4 Å². The summed E-state index contributed by atoms with van der Waals surface area (Å²) in [6, 6.07) is 7.42. The first-order valence-corrected chi connectivity index (χ1v) is 9.01. The number of anilines is 2. The lowest BCUT2D eigenvalue weighted by atomic mass is 10.1. The highest BCUT2D eigenvalue weighted by molar-refractivity contribution is 7.95. The van der Waals surface area contributed by atoms with Gasteiger partial charge < -0.3 is 10.6 Å².